The zero-order valence-electron chi connectivity index (χ0n) is 10.0. The van der Waals surface area contributed by atoms with E-state index in [0.29, 0.717) is 0 Å². The van der Waals surface area contributed by atoms with Gasteiger partial charge in [-0.3, -0.25) is 4.79 Å². The van der Waals surface area contributed by atoms with Gasteiger partial charge in [0.1, 0.15) is 0 Å². The number of rotatable bonds is 5. The Balaban J connectivity index is 2.71. The fourth-order valence-electron chi connectivity index (χ4n) is 1.23. The Morgan fingerprint density at radius 2 is 1.79 bits per heavy atom. The number of carboxylic acid groups (broad SMARTS) is 1. The van der Waals surface area contributed by atoms with Gasteiger partial charge in [-0.2, -0.15) is 0 Å². The van der Waals surface area contributed by atoms with Crippen LogP contribution in [0.3, 0.4) is 0 Å². The van der Waals surface area contributed by atoms with Gasteiger partial charge in [0.25, 0.3) is 5.91 Å². The summed E-state index contributed by atoms with van der Waals surface area (Å²) in [5, 5.41) is 19.6. The lowest BCUT2D eigenvalue weighted by molar-refractivity contribution is -0.146. The third-order valence-corrected chi connectivity index (χ3v) is 3.41. The zero-order valence-corrected chi connectivity index (χ0v) is 10.8. The molecule has 1 aromatic rings. The van der Waals surface area contributed by atoms with E-state index in [-0.39, 0.29) is 10.5 Å². The highest BCUT2D eigenvalue weighted by Crippen LogP contribution is 2.10. The lowest BCUT2D eigenvalue weighted by Crippen LogP contribution is -2.36. The number of sulfone groups is 1. The fourth-order valence-corrected chi connectivity index (χ4v) is 1.86. The van der Waals surface area contributed by atoms with Crippen molar-refractivity contribution in [2.45, 2.75) is 11.0 Å². The topological polar surface area (TPSA) is 121 Å². The van der Waals surface area contributed by atoms with Crippen molar-refractivity contribution in [3.05, 3.63) is 29.8 Å². The van der Waals surface area contributed by atoms with E-state index in [1.54, 1.807) is 0 Å². The first kappa shape index (κ1) is 15.1. The minimum absolute atomic E-state index is 0.0784. The summed E-state index contributed by atoms with van der Waals surface area (Å²) >= 11 is 0. The van der Waals surface area contributed by atoms with Gasteiger partial charge in [-0.05, 0) is 24.3 Å². The average Bonchev–Trinajstić information content (AvgIpc) is 2.34. The average molecular weight is 287 g/mol. The van der Waals surface area contributed by atoms with Crippen molar-refractivity contribution in [1.82, 2.24) is 5.32 Å². The Morgan fingerprint density at radius 3 is 2.21 bits per heavy atom. The van der Waals surface area contributed by atoms with Crippen LogP contribution in [0.25, 0.3) is 0 Å². The standard InChI is InChI=1S/C11H13NO6S/c1-19(17,18)8-4-2-7(3-5-8)10(14)12-6-9(13)11(15)16/h2-5,9,13H,6H2,1H3,(H,12,14)(H,15,16)/t9-/m0/s1. The molecule has 0 heterocycles. The second-order valence-corrected chi connectivity index (χ2v) is 5.88. The Hall–Kier alpha value is -1.93. The Bertz CT molecular complexity index is 578. The van der Waals surface area contributed by atoms with Crippen LogP contribution in [-0.4, -0.2) is 49.4 Å². The third-order valence-electron chi connectivity index (χ3n) is 2.29. The molecule has 1 atom stereocenters. The maximum absolute atomic E-state index is 11.6. The number of aliphatic hydroxyl groups excluding tert-OH is 1. The van der Waals surface area contributed by atoms with E-state index in [2.05, 4.69) is 5.32 Å². The molecule has 0 bridgehead atoms. The Kier molecular flexibility index (Phi) is 4.62. The summed E-state index contributed by atoms with van der Waals surface area (Å²) in [5.74, 6) is -2.03. The van der Waals surface area contributed by atoms with Crippen molar-refractivity contribution >= 4 is 21.7 Å². The van der Waals surface area contributed by atoms with Crippen LogP contribution >= 0.6 is 0 Å². The quantitative estimate of drug-likeness (QED) is 0.656. The number of carboxylic acids is 1. The molecule has 7 nitrogen and oxygen atoms in total. The van der Waals surface area contributed by atoms with E-state index in [1.807, 2.05) is 0 Å². The van der Waals surface area contributed by atoms with Gasteiger partial charge in [-0.15, -0.1) is 0 Å². The van der Waals surface area contributed by atoms with E-state index in [9.17, 15) is 18.0 Å². The normalized spacial score (nSPS) is 12.7. The number of aliphatic carboxylic acids is 1. The van der Waals surface area contributed by atoms with Crippen molar-refractivity contribution in [3.63, 3.8) is 0 Å². The zero-order chi connectivity index (χ0) is 14.6. The van der Waals surface area contributed by atoms with E-state index in [1.165, 1.54) is 24.3 Å². The SMILES string of the molecule is CS(=O)(=O)c1ccc(C(=O)NC[C@H](O)C(=O)O)cc1. The summed E-state index contributed by atoms with van der Waals surface area (Å²) in [6.45, 7) is -0.429. The molecule has 3 N–H and O–H groups in total. The first-order chi connectivity index (χ1) is 8.71. The maximum atomic E-state index is 11.6. The van der Waals surface area contributed by atoms with Gasteiger partial charge in [0, 0.05) is 11.8 Å². The van der Waals surface area contributed by atoms with E-state index >= 15 is 0 Å². The molecule has 1 amide bonds. The number of nitrogens with one attached hydrogen (secondary N) is 1. The van der Waals surface area contributed by atoms with Crippen LogP contribution in [0, 0.1) is 0 Å². The lowest BCUT2D eigenvalue weighted by atomic mass is 10.2. The maximum Gasteiger partial charge on any atom is 0.334 e. The molecule has 1 aromatic carbocycles. The molecule has 19 heavy (non-hydrogen) atoms. The van der Waals surface area contributed by atoms with Crippen LogP contribution < -0.4 is 5.32 Å². The van der Waals surface area contributed by atoms with Crippen molar-refractivity contribution in [1.29, 1.82) is 0 Å². The first-order valence-electron chi connectivity index (χ1n) is 5.21. The van der Waals surface area contributed by atoms with E-state index in [0.717, 1.165) is 6.26 Å². The molecule has 8 heteroatoms. The fraction of sp³-hybridized carbons (Fsp3) is 0.273. The highest BCUT2D eigenvalue weighted by atomic mass is 32.2. The van der Waals surface area contributed by atoms with Gasteiger partial charge in [-0.25, -0.2) is 13.2 Å². The molecular formula is C11H13NO6S. The van der Waals surface area contributed by atoms with Crippen molar-refractivity contribution < 1.29 is 28.2 Å². The van der Waals surface area contributed by atoms with Crippen LogP contribution in [0.15, 0.2) is 29.2 Å². The lowest BCUT2D eigenvalue weighted by Gasteiger charge is -2.08. The molecule has 0 radical (unpaired) electrons. The molecule has 0 spiro atoms. The molecule has 0 saturated heterocycles. The van der Waals surface area contributed by atoms with Gasteiger partial charge in [0.15, 0.2) is 15.9 Å². The van der Waals surface area contributed by atoms with Crippen molar-refractivity contribution in [2.75, 3.05) is 12.8 Å². The second-order valence-electron chi connectivity index (χ2n) is 3.86. The second kappa shape index (κ2) is 5.81. The molecule has 0 aromatic heterocycles. The number of carbonyl (C=O) groups excluding carboxylic acids is 1. The summed E-state index contributed by atoms with van der Waals surface area (Å²) in [4.78, 5) is 22.0. The summed E-state index contributed by atoms with van der Waals surface area (Å²) in [6.07, 6.45) is -0.634. The molecule has 0 unspecified atom stereocenters. The highest BCUT2D eigenvalue weighted by Gasteiger charge is 2.15. The number of benzene rings is 1. The van der Waals surface area contributed by atoms with Gasteiger partial charge < -0.3 is 15.5 Å². The Morgan fingerprint density at radius 1 is 1.26 bits per heavy atom. The van der Waals surface area contributed by atoms with Crippen LogP contribution in [0.1, 0.15) is 10.4 Å². The molecule has 0 aliphatic rings. The summed E-state index contributed by atoms with van der Waals surface area (Å²) in [7, 11) is -3.33. The predicted molar refractivity (Wildman–Crippen MR) is 65.5 cm³/mol. The highest BCUT2D eigenvalue weighted by molar-refractivity contribution is 7.90. The molecule has 0 fully saturated rings. The molecule has 104 valence electrons. The molecule has 1 rings (SSSR count). The third kappa shape index (κ3) is 4.34. The first-order valence-corrected chi connectivity index (χ1v) is 7.10. The van der Waals surface area contributed by atoms with Crippen LogP contribution in [0.2, 0.25) is 0 Å². The summed E-state index contributed by atoms with van der Waals surface area (Å²) < 4.78 is 22.4. The number of hydrogen-bond donors (Lipinski definition) is 3. The van der Waals surface area contributed by atoms with E-state index in [4.69, 9.17) is 10.2 Å². The van der Waals surface area contributed by atoms with Crippen molar-refractivity contribution in [3.8, 4) is 0 Å². The molecule has 0 aliphatic carbocycles. The number of carbonyl (C=O) groups is 2. The van der Waals surface area contributed by atoms with E-state index < -0.39 is 34.4 Å². The molecule has 0 saturated carbocycles. The largest absolute Gasteiger partial charge is 0.479 e. The van der Waals surface area contributed by atoms with Gasteiger partial charge in [0.05, 0.1) is 11.4 Å². The number of amides is 1. The monoisotopic (exact) mass is 287 g/mol. The molecule has 0 aliphatic heterocycles. The number of hydrogen-bond acceptors (Lipinski definition) is 5. The van der Waals surface area contributed by atoms with Gasteiger partial charge in [0.2, 0.25) is 0 Å². The summed E-state index contributed by atoms with van der Waals surface area (Å²) in [5.41, 5.74) is 0.171. The predicted octanol–water partition coefficient (Wildman–Crippen LogP) is -0.735. The minimum atomic E-state index is -3.33. The van der Waals surface area contributed by atoms with Crippen LogP contribution in [0.4, 0.5) is 0 Å². The smallest absolute Gasteiger partial charge is 0.334 e. The van der Waals surface area contributed by atoms with Crippen molar-refractivity contribution in [2.24, 2.45) is 0 Å². The van der Waals surface area contributed by atoms with Gasteiger partial charge in [-0.1, -0.05) is 0 Å². The summed E-state index contributed by atoms with van der Waals surface area (Å²) in [6, 6.07) is 5.16. The Labute approximate surface area is 109 Å². The number of aliphatic hydroxyl groups is 1. The van der Waals surface area contributed by atoms with Gasteiger partial charge >= 0.3 is 5.97 Å². The van der Waals surface area contributed by atoms with Crippen LogP contribution in [0.5, 0.6) is 0 Å². The van der Waals surface area contributed by atoms with Crippen LogP contribution in [-0.2, 0) is 14.6 Å². The minimum Gasteiger partial charge on any atom is -0.479 e. The molecular weight excluding hydrogens is 274 g/mol.